The maximum Gasteiger partial charge on any atom is 0.332 e. The minimum atomic E-state index is -0.869. The van der Waals surface area contributed by atoms with Gasteiger partial charge >= 0.3 is 6.03 Å². The number of urea groups is 1. The van der Waals surface area contributed by atoms with Crippen LogP contribution in [0.1, 0.15) is 12.0 Å². The molecule has 7 nitrogen and oxygen atoms in total. The molecule has 1 atom stereocenters. The van der Waals surface area contributed by atoms with Gasteiger partial charge in [-0.2, -0.15) is 0 Å². The van der Waals surface area contributed by atoms with Crippen molar-refractivity contribution < 1.29 is 19.1 Å². The van der Waals surface area contributed by atoms with E-state index in [0.717, 1.165) is 10.5 Å². The highest BCUT2D eigenvalue weighted by atomic mass is 16.5. The van der Waals surface area contributed by atoms with Gasteiger partial charge in [-0.15, -0.1) is 0 Å². The zero-order valence-electron chi connectivity index (χ0n) is 15.9. The summed E-state index contributed by atoms with van der Waals surface area (Å²) in [6.45, 7) is 2.39. The Balaban J connectivity index is 1.81. The molecule has 0 bridgehead atoms. The number of imide groups is 1. The van der Waals surface area contributed by atoms with Gasteiger partial charge in [0.05, 0.1) is 18.7 Å². The monoisotopic (exact) mass is 381 g/mol. The molecule has 1 heterocycles. The van der Waals surface area contributed by atoms with Crippen LogP contribution in [0.15, 0.2) is 54.6 Å². The summed E-state index contributed by atoms with van der Waals surface area (Å²) >= 11 is 0. The van der Waals surface area contributed by atoms with Crippen LogP contribution in [0, 0.1) is 6.92 Å². The summed E-state index contributed by atoms with van der Waals surface area (Å²) in [5.41, 5.74) is 2.08. The first kappa shape index (κ1) is 19.6. The van der Waals surface area contributed by atoms with Crippen LogP contribution in [0.4, 0.5) is 16.2 Å². The van der Waals surface area contributed by atoms with Gasteiger partial charge in [-0.1, -0.05) is 30.3 Å². The second-order valence-corrected chi connectivity index (χ2v) is 6.62. The quantitative estimate of drug-likeness (QED) is 0.748. The molecule has 1 aliphatic heterocycles. The number of hydrogen-bond donors (Lipinski definition) is 1. The number of amides is 4. The number of para-hydroxylation sites is 1. The van der Waals surface area contributed by atoms with Crippen LogP contribution in [0.2, 0.25) is 0 Å². The number of benzene rings is 2. The maximum atomic E-state index is 13.0. The van der Waals surface area contributed by atoms with Crippen molar-refractivity contribution in [2.24, 2.45) is 0 Å². The molecule has 0 radical (unpaired) electrons. The minimum Gasteiger partial charge on any atom is -0.383 e. The topological polar surface area (TPSA) is 79.0 Å². The van der Waals surface area contributed by atoms with Crippen LogP contribution in [0.25, 0.3) is 0 Å². The number of rotatable bonds is 7. The van der Waals surface area contributed by atoms with E-state index < -0.39 is 18.0 Å². The fraction of sp³-hybridized carbons (Fsp3) is 0.286. The molecule has 7 heteroatoms. The normalized spacial score (nSPS) is 16.6. The number of ether oxygens (including phenoxy) is 1. The molecule has 1 saturated heterocycles. The summed E-state index contributed by atoms with van der Waals surface area (Å²) in [6, 6.07) is 14.9. The highest BCUT2D eigenvalue weighted by Gasteiger charge is 2.46. The molecule has 1 aliphatic rings. The maximum absolute atomic E-state index is 13.0. The van der Waals surface area contributed by atoms with Crippen molar-refractivity contribution in [2.45, 2.75) is 19.4 Å². The summed E-state index contributed by atoms with van der Waals surface area (Å²) in [6.07, 6.45) is -0.120. The fourth-order valence-electron chi connectivity index (χ4n) is 3.19. The zero-order valence-corrected chi connectivity index (χ0v) is 15.9. The average Bonchev–Trinajstić information content (AvgIpc) is 2.90. The molecule has 4 amide bonds. The molecule has 2 aromatic rings. The van der Waals surface area contributed by atoms with E-state index in [2.05, 4.69) is 5.32 Å². The molecule has 3 rings (SSSR count). The molecule has 1 N–H and O–H groups in total. The standard InChI is InChI=1S/C21H23N3O4/c1-15-7-6-10-17(13-15)24-20(26)18(23(21(24)27)11-12-28-2)14-19(25)22-16-8-4-3-5-9-16/h3-10,13,18H,11-12,14H2,1-2H3,(H,22,25)/t18-/m0/s1. The second kappa shape index (κ2) is 8.67. The first-order chi connectivity index (χ1) is 13.5. The number of nitrogens with zero attached hydrogens (tertiary/aromatic N) is 2. The third-order valence-electron chi connectivity index (χ3n) is 4.55. The highest BCUT2D eigenvalue weighted by Crippen LogP contribution is 2.27. The number of carbonyl (C=O) groups excluding carboxylic acids is 3. The van der Waals surface area contributed by atoms with Crippen LogP contribution in [-0.2, 0) is 14.3 Å². The molecular formula is C21H23N3O4. The third kappa shape index (κ3) is 4.20. The van der Waals surface area contributed by atoms with Gasteiger partial charge in [0, 0.05) is 19.3 Å². The van der Waals surface area contributed by atoms with E-state index in [1.54, 1.807) is 30.3 Å². The van der Waals surface area contributed by atoms with Crippen molar-refractivity contribution in [1.82, 2.24) is 4.90 Å². The van der Waals surface area contributed by atoms with Gasteiger partial charge in [-0.05, 0) is 36.8 Å². The van der Waals surface area contributed by atoms with E-state index in [0.29, 0.717) is 11.4 Å². The lowest BCUT2D eigenvalue weighted by Crippen LogP contribution is -2.39. The zero-order chi connectivity index (χ0) is 20.1. The summed E-state index contributed by atoms with van der Waals surface area (Å²) in [5.74, 6) is -0.735. The summed E-state index contributed by atoms with van der Waals surface area (Å²) in [7, 11) is 1.53. The van der Waals surface area contributed by atoms with Crippen LogP contribution < -0.4 is 10.2 Å². The molecule has 146 valence electrons. The van der Waals surface area contributed by atoms with E-state index >= 15 is 0 Å². The Kier molecular flexibility index (Phi) is 6.06. The Morgan fingerprint density at radius 2 is 1.86 bits per heavy atom. The number of carbonyl (C=O) groups is 3. The molecule has 0 aromatic heterocycles. The summed E-state index contributed by atoms with van der Waals surface area (Å²) in [5, 5.41) is 2.77. The predicted octanol–water partition coefficient (Wildman–Crippen LogP) is 2.81. The number of hydrogen-bond acceptors (Lipinski definition) is 4. The molecule has 1 fully saturated rings. The van der Waals surface area contributed by atoms with Crippen LogP contribution in [0.3, 0.4) is 0 Å². The second-order valence-electron chi connectivity index (χ2n) is 6.62. The lowest BCUT2D eigenvalue weighted by molar-refractivity contribution is -0.124. The fourth-order valence-corrected chi connectivity index (χ4v) is 3.19. The van der Waals surface area contributed by atoms with E-state index in [1.807, 2.05) is 31.2 Å². The molecule has 0 spiro atoms. The first-order valence-electron chi connectivity index (χ1n) is 9.06. The van der Waals surface area contributed by atoms with Crippen molar-refractivity contribution in [2.75, 3.05) is 30.5 Å². The largest absolute Gasteiger partial charge is 0.383 e. The van der Waals surface area contributed by atoms with Crippen molar-refractivity contribution in [3.63, 3.8) is 0 Å². The number of anilines is 2. The van der Waals surface area contributed by atoms with Crippen molar-refractivity contribution in [3.05, 3.63) is 60.2 Å². The summed E-state index contributed by atoms with van der Waals surface area (Å²) < 4.78 is 5.07. The average molecular weight is 381 g/mol. The van der Waals surface area contributed by atoms with Gasteiger partial charge < -0.3 is 15.0 Å². The van der Waals surface area contributed by atoms with Crippen molar-refractivity contribution in [1.29, 1.82) is 0 Å². The lowest BCUT2D eigenvalue weighted by Gasteiger charge is -2.21. The number of nitrogens with one attached hydrogen (secondary N) is 1. The Labute approximate surface area is 163 Å². The Hall–Kier alpha value is -3.19. The van der Waals surface area contributed by atoms with Gasteiger partial charge in [0.2, 0.25) is 5.91 Å². The summed E-state index contributed by atoms with van der Waals surface area (Å²) in [4.78, 5) is 41.0. The molecule has 2 aromatic carbocycles. The van der Waals surface area contributed by atoms with Crippen LogP contribution in [0.5, 0.6) is 0 Å². The SMILES string of the molecule is COCCN1C(=O)N(c2cccc(C)c2)C(=O)[C@@H]1CC(=O)Nc1ccccc1. The first-order valence-corrected chi connectivity index (χ1v) is 9.06. The van der Waals surface area contributed by atoms with E-state index in [9.17, 15) is 14.4 Å². The van der Waals surface area contributed by atoms with Gasteiger partial charge in [-0.3, -0.25) is 9.59 Å². The Morgan fingerprint density at radius 3 is 2.54 bits per heavy atom. The van der Waals surface area contributed by atoms with Crippen molar-refractivity contribution >= 4 is 29.2 Å². The molecule has 28 heavy (non-hydrogen) atoms. The number of aryl methyl sites for hydroxylation is 1. The smallest absolute Gasteiger partial charge is 0.332 e. The Morgan fingerprint density at radius 1 is 1.11 bits per heavy atom. The van der Waals surface area contributed by atoms with E-state index in [1.165, 1.54) is 12.0 Å². The molecule has 0 saturated carbocycles. The Bertz CT molecular complexity index is 869. The van der Waals surface area contributed by atoms with Gasteiger partial charge in [0.1, 0.15) is 6.04 Å². The molecule has 0 unspecified atom stereocenters. The lowest BCUT2D eigenvalue weighted by atomic mass is 10.1. The van der Waals surface area contributed by atoms with E-state index in [4.69, 9.17) is 4.74 Å². The number of methoxy groups -OCH3 is 1. The van der Waals surface area contributed by atoms with Crippen LogP contribution >= 0.6 is 0 Å². The predicted molar refractivity (Wildman–Crippen MR) is 106 cm³/mol. The van der Waals surface area contributed by atoms with Gasteiger partial charge in [0.15, 0.2) is 0 Å². The van der Waals surface area contributed by atoms with E-state index in [-0.39, 0.29) is 25.5 Å². The minimum absolute atomic E-state index is 0.120. The molecular weight excluding hydrogens is 358 g/mol. The van der Waals surface area contributed by atoms with Gasteiger partial charge in [0.25, 0.3) is 5.91 Å². The third-order valence-corrected chi connectivity index (χ3v) is 4.55. The highest BCUT2D eigenvalue weighted by molar-refractivity contribution is 6.22. The van der Waals surface area contributed by atoms with Crippen molar-refractivity contribution in [3.8, 4) is 0 Å². The van der Waals surface area contributed by atoms with Crippen LogP contribution in [-0.4, -0.2) is 49.0 Å². The molecule has 0 aliphatic carbocycles. The van der Waals surface area contributed by atoms with Gasteiger partial charge in [-0.25, -0.2) is 9.69 Å².